The third-order valence-electron chi connectivity index (χ3n) is 5.51. The summed E-state index contributed by atoms with van der Waals surface area (Å²) in [5.74, 6) is -0.260. The maximum absolute atomic E-state index is 13.3. The van der Waals surface area contributed by atoms with Gasteiger partial charge in [0.2, 0.25) is 0 Å². The molecule has 1 atom stereocenters. The number of methoxy groups -OCH3 is 1. The van der Waals surface area contributed by atoms with Crippen LogP contribution < -0.4 is 9.64 Å². The smallest absolute Gasteiger partial charge is 0.264 e. The first-order valence-electron chi connectivity index (χ1n) is 9.79. The van der Waals surface area contributed by atoms with Crippen LogP contribution in [0.2, 0.25) is 0 Å². The van der Waals surface area contributed by atoms with Crippen LogP contribution in [-0.2, 0) is 16.9 Å². The van der Waals surface area contributed by atoms with Crippen molar-refractivity contribution in [1.82, 2.24) is 0 Å². The van der Waals surface area contributed by atoms with Crippen molar-refractivity contribution in [3.8, 4) is 5.75 Å². The number of ether oxygens (including phenoxy) is 1. The van der Waals surface area contributed by atoms with Crippen molar-refractivity contribution in [3.63, 3.8) is 0 Å². The van der Waals surface area contributed by atoms with Gasteiger partial charge in [-0.2, -0.15) is 0 Å². The lowest BCUT2D eigenvalue weighted by atomic mass is 9.88. The lowest BCUT2D eigenvalue weighted by molar-refractivity contribution is -0.136. The van der Waals surface area contributed by atoms with Gasteiger partial charge < -0.3 is 14.7 Å². The number of fused-ring (bicyclic) bond motifs is 1. The number of Topliss-reactive ketones (excluding diaryl/α,β-unsaturated/α-hetero) is 1. The maximum Gasteiger partial charge on any atom is 0.264 e. The molecule has 1 aliphatic rings. The number of aryl methyl sites for hydroxylation is 1. The molecule has 0 saturated heterocycles. The predicted molar refractivity (Wildman–Crippen MR) is 115 cm³/mol. The lowest BCUT2D eigenvalue weighted by Crippen LogP contribution is -2.41. The summed E-state index contributed by atoms with van der Waals surface area (Å²) in [4.78, 5) is 27.8. The van der Waals surface area contributed by atoms with Crippen LogP contribution in [0.5, 0.6) is 5.75 Å². The Balaban J connectivity index is 1.66. The molecule has 0 bridgehead atoms. The molecule has 1 heterocycles. The third-order valence-corrected chi connectivity index (χ3v) is 5.51. The number of carbonyl (C=O) groups is 2. The quantitative estimate of drug-likeness (QED) is 0.634. The second-order valence-corrected chi connectivity index (χ2v) is 7.59. The topological polar surface area (TPSA) is 66.8 Å². The van der Waals surface area contributed by atoms with E-state index in [4.69, 9.17) is 4.74 Å². The van der Waals surface area contributed by atoms with Crippen molar-refractivity contribution in [2.24, 2.45) is 0 Å². The fraction of sp³-hybridized carbons (Fsp3) is 0.200. The van der Waals surface area contributed by atoms with Gasteiger partial charge in [0.25, 0.3) is 5.91 Å². The van der Waals surface area contributed by atoms with E-state index in [1.54, 1.807) is 47.4 Å². The molecule has 0 spiro atoms. The Hall–Kier alpha value is -3.44. The van der Waals surface area contributed by atoms with E-state index < -0.39 is 11.5 Å². The fourth-order valence-electron chi connectivity index (χ4n) is 3.84. The Morgan fingerprint density at radius 1 is 1.03 bits per heavy atom. The van der Waals surface area contributed by atoms with Crippen LogP contribution in [0.3, 0.4) is 0 Å². The summed E-state index contributed by atoms with van der Waals surface area (Å²) >= 11 is 0. The van der Waals surface area contributed by atoms with E-state index in [1.807, 2.05) is 37.3 Å². The average molecular weight is 401 g/mol. The standard InChI is InChI=1S/C25H23NO4/c1-17-10-12-18(13-11-17)16-26-22-9-4-3-8-21(22)25(29,24(26)28)15-23(27)19-6-5-7-20(14-19)30-2/h3-14,29H,15-16H2,1-2H3. The summed E-state index contributed by atoms with van der Waals surface area (Å²) in [7, 11) is 1.52. The SMILES string of the molecule is COc1cccc(C(=O)CC2(O)C(=O)N(Cc3ccc(C)cc3)c3ccccc32)c1. The largest absolute Gasteiger partial charge is 0.497 e. The first-order valence-corrected chi connectivity index (χ1v) is 9.79. The number of aliphatic hydroxyl groups is 1. The van der Waals surface area contributed by atoms with E-state index in [2.05, 4.69) is 0 Å². The second kappa shape index (κ2) is 7.76. The highest BCUT2D eigenvalue weighted by Crippen LogP contribution is 2.43. The van der Waals surface area contributed by atoms with Crippen LogP contribution in [0, 0.1) is 6.92 Å². The molecule has 3 aromatic rings. The highest BCUT2D eigenvalue weighted by Gasteiger charge is 2.50. The molecule has 4 rings (SSSR count). The van der Waals surface area contributed by atoms with Crippen molar-refractivity contribution in [1.29, 1.82) is 0 Å². The van der Waals surface area contributed by atoms with E-state index in [9.17, 15) is 14.7 Å². The van der Waals surface area contributed by atoms with Gasteiger partial charge in [-0.3, -0.25) is 9.59 Å². The van der Waals surface area contributed by atoms with Crippen LogP contribution in [0.1, 0.15) is 33.5 Å². The van der Waals surface area contributed by atoms with E-state index in [-0.39, 0.29) is 12.2 Å². The van der Waals surface area contributed by atoms with Crippen LogP contribution in [0.15, 0.2) is 72.8 Å². The Bertz CT molecular complexity index is 1110. The Kier molecular flexibility index (Phi) is 5.14. The van der Waals surface area contributed by atoms with Crippen molar-refractivity contribution in [3.05, 3.63) is 95.1 Å². The molecule has 1 unspecified atom stereocenters. The van der Waals surface area contributed by atoms with Gasteiger partial charge >= 0.3 is 0 Å². The van der Waals surface area contributed by atoms with E-state index >= 15 is 0 Å². The molecule has 5 heteroatoms. The number of nitrogens with zero attached hydrogens (tertiary/aromatic N) is 1. The molecule has 152 valence electrons. The fourth-order valence-corrected chi connectivity index (χ4v) is 3.84. The molecule has 0 aromatic heterocycles. The van der Waals surface area contributed by atoms with E-state index in [0.29, 0.717) is 29.1 Å². The van der Waals surface area contributed by atoms with Crippen molar-refractivity contribution in [2.75, 3.05) is 12.0 Å². The van der Waals surface area contributed by atoms with E-state index in [1.165, 1.54) is 7.11 Å². The summed E-state index contributed by atoms with van der Waals surface area (Å²) in [6.45, 7) is 2.33. The molecular weight excluding hydrogens is 378 g/mol. The minimum atomic E-state index is -1.90. The minimum absolute atomic E-state index is 0.322. The van der Waals surface area contributed by atoms with Crippen LogP contribution >= 0.6 is 0 Å². The normalized spacial score (nSPS) is 17.7. The first-order chi connectivity index (χ1) is 14.4. The van der Waals surface area contributed by atoms with Gasteiger partial charge in [-0.05, 0) is 30.7 Å². The number of hydrogen-bond acceptors (Lipinski definition) is 4. The molecule has 0 fully saturated rings. The first kappa shape index (κ1) is 19.9. The van der Waals surface area contributed by atoms with E-state index in [0.717, 1.165) is 11.1 Å². The molecule has 0 radical (unpaired) electrons. The van der Waals surface area contributed by atoms with Gasteiger partial charge in [-0.25, -0.2) is 0 Å². The molecule has 3 aromatic carbocycles. The number of hydrogen-bond donors (Lipinski definition) is 1. The van der Waals surface area contributed by atoms with Gasteiger partial charge in [0, 0.05) is 11.1 Å². The molecule has 5 nitrogen and oxygen atoms in total. The summed E-state index contributed by atoms with van der Waals surface area (Å²) in [6, 6.07) is 21.7. The molecule has 1 amide bonds. The number of carbonyl (C=O) groups excluding carboxylic acids is 2. The maximum atomic E-state index is 13.3. The molecule has 1 aliphatic heterocycles. The number of anilines is 1. The summed E-state index contributed by atoms with van der Waals surface area (Å²) in [5.41, 5.74) is 1.66. The van der Waals surface area contributed by atoms with Gasteiger partial charge in [0.15, 0.2) is 11.4 Å². The number of ketones is 1. The van der Waals surface area contributed by atoms with Gasteiger partial charge in [0.05, 0.1) is 25.8 Å². The monoisotopic (exact) mass is 401 g/mol. The summed E-state index contributed by atoms with van der Waals surface area (Å²) in [6.07, 6.45) is -0.333. The minimum Gasteiger partial charge on any atom is -0.497 e. The van der Waals surface area contributed by atoms with Gasteiger partial charge in [-0.15, -0.1) is 0 Å². The number of rotatable bonds is 6. The molecule has 0 aliphatic carbocycles. The Morgan fingerprint density at radius 2 is 1.77 bits per heavy atom. The molecule has 30 heavy (non-hydrogen) atoms. The van der Waals surface area contributed by atoms with Crippen molar-refractivity contribution in [2.45, 2.75) is 25.5 Å². The molecular formula is C25H23NO4. The molecule has 1 N–H and O–H groups in total. The number of benzene rings is 3. The highest BCUT2D eigenvalue weighted by molar-refractivity contribution is 6.10. The summed E-state index contributed by atoms with van der Waals surface area (Å²) < 4.78 is 5.18. The van der Waals surface area contributed by atoms with Crippen molar-refractivity contribution < 1.29 is 19.4 Å². The third kappa shape index (κ3) is 3.48. The van der Waals surface area contributed by atoms with Crippen LogP contribution in [0.25, 0.3) is 0 Å². The predicted octanol–water partition coefficient (Wildman–Crippen LogP) is 4.01. The Morgan fingerprint density at radius 3 is 2.50 bits per heavy atom. The zero-order valence-electron chi connectivity index (χ0n) is 17.0. The number of para-hydroxylation sites is 1. The highest BCUT2D eigenvalue weighted by atomic mass is 16.5. The van der Waals surface area contributed by atoms with Crippen molar-refractivity contribution >= 4 is 17.4 Å². The lowest BCUT2D eigenvalue weighted by Gasteiger charge is -2.23. The molecule has 0 saturated carbocycles. The van der Waals surface area contributed by atoms with Gasteiger partial charge in [-0.1, -0.05) is 60.2 Å². The summed E-state index contributed by atoms with van der Waals surface area (Å²) in [5, 5.41) is 11.4. The Labute approximate surface area is 175 Å². The zero-order valence-corrected chi connectivity index (χ0v) is 17.0. The van der Waals surface area contributed by atoms with Crippen LogP contribution in [0.4, 0.5) is 5.69 Å². The number of amides is 1. The van der Waals surface area contributed by atoms with Gasteiger partial charge in [0.1, 0.15) is 5.75 Å². The zero-order chi connectivity index (χ0) is 21.3. The average Bonchev–Trinajstić information content (AvgIpc) is 2.97. The van der Waals surface area contributed by atoms with Crippen LogP contribution in [-0.4, -0.2) is 23.9 Å². The second-order valence-electron chi connectivity index (χ2n) is 7.59.